The van der Waals surface area contributed by atoms with Gasteiger partial charge in [0, 0.05) is 23.1 Å². The maximum absolute atomic E-state index is 6.30. The van der Waals surface area contributed by atoms with E-state index in [0.29, 0.717) is 12.5 Å². The normalized spacial score (nSPS) is 15.3. The Labute approximate surface area is 153 Å². The summed E-state index contributed by atoms with van der Waals surface area (Å²) in [6, 6.07) is 10.3. The number of hydrogen-bond donors (Lipinski definition) is 0. The minimum atomic E-state index is -0.168. The van der Waals surface area contributed by atoms with E-state index in [9.17, 15) is 0 Å². The molecule has 0 aliphatic carbocycles. The van der Waals surface area contributed by atoms with Crippen molar-refractivity contribution >= 4 is 15.9 Å². The second-order valence-corrected chi connectivity index (χ2v) is 8.25. The lowest BCUT2D eigenvalue weighted by Crippen LogP contribution is -2.24. The Morgan fingerprint density at radius 1 is 1.21 bits per heavy atom. The predicted molar refractivity (Wildman–Crippen MR) is 102 cm³/mol. The fourth-order valence-electron chi connectivity index (χ4n) is 3.41. The summed E-state index contributed by atoms with van der Waals surface area (Å²) in [7, 11) is 0. The molecule has 0 aromatic heterocycles. The molecule has 0 atom stereocenters. The van der Waals surface area contributed by atoms with Crippen LogP contribution in [0.3, 0.4) is 0 Å². The molecular formula is C21H25BrO2. The van der Waals surface area contributed by atoms with Gasteiger partial charge in [-0.25, -0.2) is 0 Å². The number of rotatable bonds is 4. The van der Waals surface area contributed by atoms with Crippen LogP contribution in [0.15, 0.2) is 34.8 Å². The van der Waals surface area contributed by atoms with Crippen molar-refractivity contribution in [2.24, 2.45) is 0 Å². The van der Waals surface area contributed by atoms with E-state index in [1.807, 2.05) is 18.2 Å². The Morgan fingerprint density at radius 3 is 2.50 bits per heavy atom. The summed E-state index contributed by atoms with van der Waals surface area (Å²) in [5.74, 6) is 2.38. The minimum Gasteiger partial charge on any atom is -0.488 e. The van der Waals surface area contributed by atoms with Gasteiger partial charge in [0.25, 0.3) is 0 Å². The number of halogens is 1. The standard InChI is InChI=1S/C21H25BrO2/c1-13(2)17-16-11-21(4,5)24-20(16)18(22)14(3)19(17)23-12-15-9-7-6-8-10-15/h6-10,13H,11-12H2,1-5H3. The Balaban J connectivity index is 2.04. The molecular weight excluding hydrogens is 364 g/mol. The van der Waals surface area contributed by atoms with E-state index in [2.05, 4.69) is 62.7 Å². The Morgan fingerprint density at radius 2 is 1.88 bits per heavy atom. The molecule has 0 fully saturated rings. The Kier molecular flexibility index (Phi) is 4.65. The van der Waals surface area contributed by atoms with Crippen molar-refractivity contribution in [1.82, 2.24) is 0 Å². The van der Waals surface area contributed by atoms with Gasteiger partial charge < -0.3 is 9.47 Å². The summed E-state index contributed by atoms with van der Waals surface area (Å²) in [5, 5.41) is 0. The molecule has 3 rings (SSSR count). The monoisotopic (exact) mass is 388 g/mol. The molecule has 24 heavy (non-hydrogen) atoms. The number of hydrogen-bond acceptors (Lipinski definition) is 2. The van der Waals surface area contributed by atoms with Gasteiger partial charge in [0.05, 0.1) is 4.47 Å². The van der Waals surface area contributed by atoms with E-state index < -0.39 is 0 Å². The second kappa shape index (κ2) is 6.44. The van der Waals surface area contributed by atoms with Gasteiger partial charge in [0.2, 0.25) is 0 Å². The average molecular weight is 389 g/mol. The molecule has 0 radical (unpaired) electrons. The first-order valence-electron chi connectivity index (χ1n) is 8.50. The molecule has 0 spiro atoms. The summed E-state index contributed by atoms with van der Waals surface area (Å²) >= 11 is 3.74. The van der Waals surface area contributed by atoms with Crippen LogP contribution in [0.5, 0.6) is 11.5 Å². The molecule has 0 N–H and O–H groups in total. The average Bonchev–Trinajstić information content (AvgIpc) is 2.85. The highest BCUT2D eigenvalue weighted by Gasteiger charge is 2.36. The van der Waals surface area contributed by atoms with Gasteiger partial charge in [-0.3, -0.25) is 0 Å². The van der Waals surface area contributed by atoms with Crippen LogP contribution in [0, 0.1) is 6.92 Å². The largest absolute Gasteiger partial charge is 0.488 e. The van der Waals surface area contributed by atoms with Crippen molar-refractivity contribution in [2.75, 3.05) is 0 Å². The molecule has 2 nitrogen and oxygen atoms in total. The van der Waals surface area contributed by atoms with Gasteiger partial charge in [-0.2, -0.15) is 0 Å². The zero-order valence-corrected chi connectivity index (χ0v) is 16.7. The third-order valence-electron chi connectivity index (χ3n) is 4.50. The number of benzene rings is 2. The first-order chi connectivity index (χ1) is 11.3. The third kappa shape index (κ3) is 3.19. The highest BCUT2D eigenvalue weighted by atomic mass is 79.9. The minimum absolute atomic E-state index is 0.168. The van der Waals surface area contributed by atoms with Crippen LogP contribution >= 0.6 is 15.9 Å². The van der Waals surface area contributed by atoms with Crippen LogP contribution in [0.1, 0.15) is 55.9 Å². The van der Waals surface area contributed by atoms with E-state index in [1.165, 1.54) is 16.7 Å². The molecule has 2 aromatic rings. The molecule has 0 saturated heterocycles. The first-order valence-corrected chi connectivity index (χ1v) is 9.30. The van der Waals surface area contributed by atoms with Crippen molar-refractivity contribution in [3.63, 3.8) is 0 Å². The molecule has 0 unspecified atom stereocenters. The first kappa shape index (κ1) is 17.3. The maximum Gasteiger partial charge on any atom is 0.138 e. The lowest BCUT2D eigenvalue weighted by atomic mass is 9.89. The van der Waals surface area contributed by atoms with Gasteiger partial charge in [0.15, 0.2) is 0 Å². The molecule has 1 heterocycles. The van der Waals surface area contributed by atoms with Gasteiger partial charge in [-0.1, -0.05) is 44.2 Å². The topological polar surface area (TPSA) is 18.5 Å². The lowest BCUT2D eigenvalue weighted by molar-refractivity contribution is 0.137. The van der Waals surface area contributed by atoms with Gasteiger partial charge in [-0.05, 0) is 48.2 Å². The molecule has 0 bridgehead atoms. The molecule has 1 aliphatic heterocycles. The fourth-order valence-corrected chi connectivity index (χ4v) is 3.91. The van der Waals surface area contributed by atoms with Crippen molar-refractivity contribution in [3.8, 4) is 11.5 Å². The number of ether oxygens (including phenoxy) is 2. The van der Waals surface area contributed by atoms with Gasteiger partial charge >= 0.3 is 0 Å². The van der Waals surface area contributed by atoms with Crippen molar-refractivity contribution in [3.05, 3.63) is 57.1 Å². The zero-order valence-electron chi connectivity index (χ0n) is 15.1. The van der Waals surface area contributed by atoms with Crippen LogP contribution < -0.4 is 9.47 Å². The van der Waals surface area contributed by atoms with Crippen molar-refractivity contribution in [1.29, 1.82) is 0 Å². The second-order valence-electron chi connectivity index (χ2n) is 7.46. The maximum atomic E-state index is 6.30. The van der Waals surface area contributed by atoms with Crippen LogP contribution in [0.2, 0.25) is 0 Å². The molecule has 128 valence electrons. The van der Waals surface area contributed by atoms with Gasteiger partial charge in [0.1, 0.15) is 23.7 Å². The van der Waals surface area contributed by atoms with Crippen molar-refractivity contribution < 1.29 is 9.47 Å². The van der Waals surface area contributed by atoms with Gasteiger partial charge in [-0.15, -0.1) is 0 Å². The summed E-state index contributed by atoms with van der Waals surface area (Å²) in [5.41, 5.74) is 4.70. The van der Waals surface area contributed by atoms with E-state index in [0.717, 1.165) is 28.0 Å². The summed E-state index contributed by atoms with van der Waals surface area (Å²) in [6.45, 7) is 11.4. The molecule has 3 heteroatoms. The van der Waals surface area contributed by atoms with Crippen LogP contribution in [-0.4, -0.2) is 5.60 Å². The smallest absolute Gasteiger partial charge is 0.138 e. The highest BCUT2D eigenvalue weighted by molar-refractivity contribution is 9.10. The summed E-state index contributed by atoms with van der Waals surface area (Å²) in [4.78, 5) is 0. The predicted octanol–water partition coefficient (Wildman–Crippen LogP) is 6.17. The highest BCUT2D eigenvalue weighted by Crippen LogP contribution is 2.50. The molecule has 2 aromatic carbocycles. The molecule has 0 saturated carbocycles. The van der Waals surface area contributed by atoms with E-state index in [1.54, 1.807) is 0 Å². The lowest BCUT2D eigenvalue weighted by Gasteiger charge is -2.21. The SMILES string of the molecule is Cc1c(Br)c2c(c(C(C)C)c1OCc1ccccc1)CC(C)(C)O2. The third-order valence-corrected chi connectivity index (χ3v) is 5.45. The fraction of sp³-hybridized carbons (Fsp3) is 0.429. The Bertz CT molecular complexity index is 748. The van der Waals surface area contributed by atoms with Crippen LogP contribution in [0.4, 0.5) is 0 Å². The van der Waals surface area contributed by atoms with Crippen molar-refractivity contribution in [2.45, 2.75) is 59.2 Å². The summed E-state index contributed by atoms with van der Waals surface area (Å²) < 4.78 is 13.5. The zero-order chi connectivity index (χ0) is 17.5. The Hall–Kier alpha value is -1.48. The van der Waals surface area contributed by atoms with Crippen LogP contribution in [0.25, 0.3) is 0 Å². The molecule has 1 aliphatic rings. The van der Waals surface area contributed by atoms with E-state index in [4.69, 9.17) is 9.47 Å². The van der Waals surface area contributed by atoms with Crippen LogP contribution in [-0.2, 0) is 13.0 Å². The summed E-state index contributed by atoms with van der Waals surface area (Å²) in [6.07, 6.45) is 0.913. The van der Waals surface area contributed by atoms with E-state index in [-0.39, 0.29) is 5.60 Å². The van der Waals surface area contributed by atoms with E-state index >= 15 is 0 Å². The quantitative estimate of drug-likeness (QED) is 0.622. The number of fused-ring (bicyclic) bond motifs is 1. The molecule has 0 amide bonds.